The van der Waals surface area contributed by atoms with Gasteiger partial charge in [-0.15, -0.1) is 10.2 Å². The number of piperidine rings is 1. The van der Waals surface area contributed by atoms with E-state index < -0.39 is 0 Å². The van der Waals surface area contributed by atoms with Crippen LogP contribution in [-0.4, -0.2) is 62.8 Å². The first-order chi connectivity index (χ1) is 11.9. The zero-order valence-corrected chi connectivity index (χ0v) is 15.4. The lowest BCUT2D eigenvalue weighted by Gasteiger charge is -2.32. The van der Waals surface area contributed by atoms with Crippen LogP contribution in [0.15, 0.2) is 10.6 Å². The standard InChI is InChI=1S/C17H26N6O2/c1-12-8-14(25-20-12)9-16(24)23-7-5-6-13(10-23)17-19-18-15(22(17)4)11-21(2)3/h8,13H,5-7,9-11H2,1-4H3/t13-/m1/s1. The van der Waals surface area contributed by atoms with Crippen LogP contribution in [0.2, 0.25) is 0 Å². The van der Waals surface area contributed by atoms with E-state index in [1.165, 1.54) is 0 Å². The first kappa shape index (κ1) is 17.6. The summed E-state index contributed by atoms with van der Waals surface area (Å²) in [7, 11) is 6.04. The average molecular weight is 346 g/mol. The van der Waals surface area contributed by atoms with Crippen LogP contribution in [0.4, 0.5) is 0 Å². The Balaban J connectivity index is 1.66. The lowest BCUT2D eigenvalue weighted by Crippen LogP contribution is -2.40. The largest absolute Gasteiger partial charge is 0.361 e. The summed E-state index contributed by atoms with van der Waals surface area (Å²) >= 11 is 0. The monoisotopic (exact) mass is 346 g/mol. The zero-order valence-electron chi connectivity index (χ0n) is 15.4. The lowest BCUT2D eigenvalue weighted by atomic mass is 9.96. The van der Waals surface area contributed by atoms with Crippen molar-refractivity contribution in [2.45, 2.75) is 38.6 Å². The molecule has 8 nitrogen and oxygen atoms in total. The van der Waals surface area contributed by atoms with Crippen LogP contribution < -0.4 is 0 Å². The van der Waals surface area contributed by atoms with Gasteiger partial charge in [0.15, 0.2) is 0 Å². The number of carbonyl (C=O) groups excluding carboxylic acids is 1. The molecule has 3 rings (SSSR count). The van der Waals surface area contributed by atoms with Crippen molar-refractivity contribution in [2.75, 3.05) is 27.2 Å². The third kappa shape index (κ3) is 4.07. The second-order valence-electron chi connectivity index (χ2n) is 7.06. The summed E-state index contributed by atoms with van der Waals surface area (Å²) in [6, 6.07) is 1.82. The number of carbonyl (C=O) groups is 1. The van der Waals surface area contributed by atoms with Gasteiger partial charge in [-0.05, 0) is 33.9 Å². The van der Waals surface area contributed by atoms with Gasteiger partial charge in [0.1, 0.15) is 17.4 Å². The normalized spacial score (nSPS) is 18.1. The molecule has 8 heteroatoms. The molecular formula is C17H26N6O2. The Bertz CT molecular complexity index is 735. The van der Waals surface area contributed by atoms with Crippen molar-refractivity contribution in [2.24, 2.45) is 7.05 Å². The number of rotatable bonds is 5. The van der Waals surface area contributed by atoms with Crippen molar-refractivity contribution in [1.29, 1.82) is 0 Å². The van der Waals surface area contributed by atoms with Crippen LogP contribution in [-0.2, 0) is 24.8 Å². The van der Waals surface area contributed by atoms with Gasteiger partial charge in [-0.2, -0.15) is 0 Å². The molecule has 1 aliphatic heterocycles. The van der Waals surface area contributed by atoms with Gasteiger partial charge in [0, 0.05) is 32.1 Å². The highest BCUT2D eigenvalue weighted by atomic mass is 16.5. The fraction of sp³-hybridized carbons (Fsp3) is 0.647. The summed E-state index contributed by atoms with van der Waals surface area (Å²) in [6.07, 6.45) is 2.26. The van der Waals surface area contributed by atoms with Crippen molar-refractivity contribution in [3.05, 3.63) is 29.2 Å². The molecule has 0 radical (unpaired) electrons. The predicted molar refractivity (Wildman–Crippen MR) is 91.9 cm³/mol. The fourth-order valence-electron chi connectivity index (χ4n) is 3.33. The smallest absolute Gasteiger partial charge is 0.230 e. The number of amides is 1. The van der Waals surface area contributed by atoms with Gasteiger partial charge < -0.3 is 18.9 Å². The van der Waals surface area contributed by atoms with Crippen LogP contribution in [0.25, 0.3) is 0 Å². The highest BCUT2D eigenvalue weighted by Gasteiger charge is 2.28. The highest BCUT2D eigenvalue weighted by Crippen LogP contribution is 2.26. The molecule has 1 amide bonds. The Hall–Kier alpha value is -2.22. The maximum absolute atomic E-state index is 12.6. The maximum atomic E-state index is 12.6. The van der Waals surface area contributed by atoms with Gasteiger partial charge in [0.25, 0.3) is 0 Å². The minimum absolute atomic E-state index is 0.0801. The van der Waals surface area contributed by atoms with Gasteiger partial charge >= 0.3 is 0 Å². The van der Waals surface area contributed by atoms with Crippen molar-refractivity contribution >= 4 is 5.91 Å². The SMILES string of the molecule is Cc1cc(CC(=O)N2CCC[C@@H](c3nnc(CN(C)C)n3C)C2)on1. The lowest BCUT2D eigenvalue weighted by molar-refractivity contribution is -0.132. The topological polar surface area (TPSA) is 80.3 Å². The Kier molecular flexibility index (Phi) is 5.17. The van der Waals surface area contributed by atoms with Gasteiger partial charge in [-0.3, -0.25) is 4.79 Å². The van der Waals surface area contributed by atoms with Crippen LogP contribution in [0.3, 0.4) is 0 Å². The number of likely N-dealkylation sites (tertiary alicyclic amines) is 1. The van der Waals surface area contributed by atoms with E-state index in [1.807, 2.05) is 39.0 Å². The molecule has 3 heterocycles. The summed E-state index contributed by atoms with van der Waals surface area (Å²) in [5.41, 5.74) is 0.798. The molecule has 0 N–H and O–H groups in total. The third-order valence-electron chi connectivity index (χ3n) is 4.60. The number of nitrogens with zero attached hydrogens (tertiary/aromatic N) is 6. The number of hydrogen-bond acceptors (Lipinski definition) is 6. The number of aryl methyl sites for hydroxylation is 1. The minimum atomic E-state index is 0.0801. The summed E-state index contributed by atoms with van der Waals surface area (Å²) in [6.45, 7) is 4.07. The maximum Gasteiger partial charge on any atom is 0.230 e. The number of aromatic nitrogens is 4. The van der Waals surface area contributed by atoms with Crippen LogP contribution in [0.5, 0.6) is 0 Å². The molecule has 0 bridgehead atoms. The molecule has 2 aromatic heterocycles. The molecule has 25 heavy (non-hydrogen) atoms. The van der Waals surface area contributed by atoms with E-state index in [9.17, 15) is 4.79 Å². The van der Waals surface area contributed by atoms with E-state index in [4.69, 9.17) is 4.52 Å². The van der Waals surface area contributed by atoms with Crippen LogP contribution >= 0.6 is 0 Å². The van der Waals surface area contributed by atoms with E-state index >= 15 is 0 Å². The van der Waals surface area contributed by atoms with E-state index in [0.29, 0.717) is 12.3 Å². The van der Waals surface area contributed by atoms with Gasteiger partial charge in [0.05, 0.1) is 18.7 Å². The van der Waals surface area contributed by atoms with Crippen LogP contribution in [0.1, 0.15) is 41.9 Å². The summed E-state index contributed by atoms with van der Waals surface area (Å²) in [5.74, 6) is 2.83. The van der Waals surface area contributed by atoms with Crippen LogP contribution in [0, 0.1) is 6.92 Å². The predicted octanol–water partition coefficient (Wildman–Crippen LogP) is 1.12. The second-order valence-corrected chi connectivity index (χ2v) is 7.06. The molecule has 0 aromatic carbocycles. The Morgan fingerprint density at radius 2 is 2.20 bits per heavy atom. The molecule has 2 aromatic rings. The summed E-state index contributed by atoms with van der Waals surface area (Å²) in [5, 5.41) is 12.6. The highest BCUT2D eigenvalue weighted by molar-refractivity contribution is 5.78. The van der Waals surface area contributed by atoms with Crippen molar-refractivity contribution in [3.63, 3.8) is 0 Å². The molecule has 0 aliphatic carbocycles. The molecule has 0 unspecified atom stereocenters. The number of hydrogen-bond donors (Lipinski definition) is 0. The quantitative estimate of drug-likeness (QED) is 0.807. The Labute approximate surface area is 147 Å². The molecule has 136 valence electrons. The molecule has 1 saturated heterocycles. The van der Waals surface area contributed by atoms with E-state index in [0.717, 1.165) is 43.3 Å². The molecule has 0 spiro atoms. The Morgan fingerprint density at radius 3 is 2.88 bits per heavy atom. The van der Waals surface area contributed by atoms with E-state index in [2.05, 4.69) is 24.8 Å². The molecule has 1 aliphatic rings. The van der Waals surface area contributed by atoms with Gasteiger partial charge in [-0.1, -0.05) is 5.16 Å². The fourth-order valence-corrected chi connectivity index (χ4v) is 3.33. The average Bonchev–Trinajstić information content (AvgIpc) is 3.13. The van der Waals surface area contributed by atoms with E-state index in [1.54, 1.807) is 0 Å². The molecule has 1 fully saturated rings. The first-order valence-electron chi connectivity index (χ1n) is 8.67. The van der Waals surface area contributed by atoms with Crippen molar-refractivity contribution < 1.29 is 9.32 Å². The Morgan fingerprint density at radius 1 is 1.40 bits per heavy atom. The summed E-state index contributed by atoms with van der Waals surface area (Å²) in [4.78, 5) is 16.6. The van der Waals surface area contributed by atoms with Crippen molar-refractivity contribution in [3.8, 4) is 0 Å². The van der Waals surface area contributed by atoms with Gasteiger partial charge in [0.2, 0.25) is 5.91 Å². The molecule has 0 saturated carbocycles. The third-order valence-corrected chi connectivity index (χ3v) is 4.60. The summed E-state index contributed by atoms with van der Waals surface area (Å²) < 4.78 is 7.24. The molecular weight excluding hydrogens is 320 g/mol. The second kappa shape index (κ2) is 7.35. The zero-order chi connectivity index (χ0) is 18.0. The van der Waals surface area contributed by atoms with Crippen molar-refractivity contribution in [1.82, 2.24) is 29.7 Å². The first-order valence-corrected chi connectivity index (χ1v) is 8.67. The van der Waals surface area contributed by atoms with Gasteiger partial charge in [-0.25, -0.2) is 0 Å². The van der Waals surface area contributed by atoms with E-state index in [-0.39, 0.29) is 18.2 Å². The molecule has 1 atom stereocenters. The minimum Gasteiger partial charge on any atom is -0.361 e.